The molecular weight excluding hydrogens is 429 g/mol. The first-order chi connectivity index (χ1) is 14.9. The second-order valence-corrected chi connectivity index (χ2v) is 9.03. The Morgan fingerprint density at radius 1 is 1.13 bits per heavy atom. The Morgan fingerprint density at radius 2 is 1.90 bits per heavy atom. The predicted octanol–water partition coefficient (Wildman–Crippen LogP) is 6.63. The monoisotopic (exact) mass is 451 g/mol. The quantitative estimate of drug-likeness (QED) is 0.409. The molecule has 0 aliphatic carbocycles. The van der Waals surface area contributed by atoms with Crippen molar-refractivity contribution in [2.75, 3.05) is 4.90 Å². The Kier molecular flexibility index (Phi) is 6.12. The number of carbonyl (C=O) groups excluding carboxylic acids is 1. The fraction of sp³-hybridized carbons (Fsp3) is 0.240. The molecule has 2 aromatic carbocycles. The summed E-state index contributed by atoms with van der Waals surface area (Å²) in [4.78, 5) is 24.4. The van der Waals surface area contributed by atoms with Gasteiger partial charge in [-0.05, 0) is 48.2 Å². The van der Waals surface area contributed by atoms with Crippen molar-refractivity contribution < 1.29 is 4.79 Å². The SMILES string of the molecule is C=CC[C@@]1(C)C[C@H](c2cccc(Cl)c2)[C@@H](c2ccc(Cl)cc2)N(c2cnccn2)C1=O. The second kappa shape index (κ2) is 8.81. The molecule has 2 heterocycles. The van der Waals surface area contributed by atoms with Crippen LogP contribution < -0.4 is 4.90 Å². The van der Waals surface area contributed by atoms with Crippen LogP contribution in [-0.4, -0.2) is 15.9 Å². The number of halogens is 2. The number of allylic oxidation sites excluding steroid dienone is 1. The van der Waals surface area contributed by atoms with E-state index in [1.807, 2.05) is 55.5 Å². The van der Waals surface area contributed by atoms with Crippen LogP contribution in [0.1, 0.15) is 42.9 Å². The van der Waals surface area contributed by atoms with E-state index in [2.05, 4.69) is 22.6 Å². The van der Waals surface area contributed by atoms with Gasteiger partial charge >= 0.3 is 0 Å². The summed E-state index contributed by atoms with van der Waals surface area (Å²) in [5.41, 5.74) is 1.42. The van der Waals surface area contributed by atoms with Gasteiger partial charge in [0, 0.05) is 28.4 Å². The standard InChI is InChI=1S/C25H23Cl2N3O/c1-3-11-25(2)15-21(18-5-4-6-20(27)14-18)23(17-7-9-19(26)10-8-17)30(24(25)31)22-16-28-12-13-29-22/h3-10,12-14,16,21,23H,1,11,15H2,2H3/t21-,23-,25+/m1/s1. The zero-order chi connectivity index (χ0) is 22.0. The first kappa shape index (κ1) is 21.5. The van der Waals surface area contributed by atoms with Crippen LogP contribution in [0.2, 0.25) is 10.0 Å². The molecule has 4 nitrogen and oxygen atoms in total. The third-order valence-electron chi connectivity index (χ3n) is 5.94. The number of benzene rings is 2. The molecule has 0 N–H and O–H groups in total. The molecule has 31 heavy (non-hydrogen) atoms. The zero-order valence-electron chi connectivity index (χ0n) is 17.2. The number of anilines is 1. The summed E-state index contributed by atoms with van der Waals surface area (Å²) in [6, 6.07) is 15.2. The molecule has 0 spiro atoms. The number of aromatic nitrogens is 2. The van der Waals surface area contributed by atoms with E-state index in [-0.39, 0.29) is 17.9 Å². The minimum absolute atomic E-state index is 0.00567. The van der Waals surface area contributed by atoms with Gasteiger partial charge in [0.1, 0.15) is 0 Å². The van der Waals surface area contributed by atoms with Crippen LogP contribution in [0.15, 0.2) is 79.8 Å². The lowest BCUT2D eigenvalue weighted by atomic mass is 9.67. The second-order valence-electron chi connectivity index (χ2n) is 8.15. The highest BCUT2D eigenvalue weighted by atomic mass is 35.5. The van der Waals surface area contributed by atoms with Crippen LogP contribution >= 0.6 is 23.2 Å². The summed E-state index contributed by atoms with van der Waals surface area (Å²) < 4.78 is 0. The minimum atomic E-state index is -0.630. The van der Waals surface area contributed by atoms with E-state index in [4.69, 9.17) is 23.2 Å². The van der Waals surface area contributed by atoms with E-state index in [1.54, 1.807) is 23.5 Å². The maximum atomic E-state index is 13.9. The van der Waals surface area contributed by atoms with Gasteiger partial charge in [-0.1, -0.05) is 60.5 Å². The average molecular weight is 452 g/mol. The van der Waals surface area contributed by atoms with E-state index in [1.165, 1.54) is 0 Å². The molecule has 3 aromatic rings. The molecule has 1 fully saturated rings. The largest absolute Gasteiger partial charge is 0.287 e. The van der Waals surface area contributed by atoms with E-state index in [0.29, 0.717) is 28.7 Å². The molecular formula is C25H23Cl2N3O. The molecule has 158 valence electrons. The summed E-state index contributed by atoms with van der Waals surface area (Å²) in [5, 5.41) is 1.31. The molecule has 1 aromatic heterocycles. The van der Waals surface area contributed by atoms with Crippen molar-refractivity contribution in [2.24, 2.45) is 5.41 Å². The van der Waals surface area contributed by atoms with Crippen LogP contribution in [0.4, 0.5) is 5.82 Å². The van der Waals surface area contributed by atoms with Gasteiger partial charge in [0.2, 0.25) is 5.91 Å². The van der Waals surface area contributed by atoms with Crippen LogP contribution in [-0.2, 0) is 4.79 Å². The number of rotatable bonds is 5. The van der Waals surface area contributed by atoms with Crippen molar-refractivity contribution >= 4 is 34.9 Å². The molecule has 0 saturated carbocycles. The Labute approximate surface area is 192 Å². The highest BCUT2D eigenvalue weighted by Crippen LogP contribution is 2.52. The summed E-state index contributed by atoms with van der Waals surface area (Å²) in [6.45, 7) is 5.89. The van der Waals surface area contributed by atoms with E-state index >= 15 is 0 Å². The third kappa shape index (κ3) is 4.23. The summed E-state index contributed by atoms with van der Waals surface area (Å²) in [7, 11) is 0. The molecule has 0 bridgehead atoms. The number of piperidine rings is 1. The number of carbonyl (C=O) groups is 1. The molecule has 3 atom stereocenters. The predicted molar refractivity (Wildman–Crippen MR) is 125 cm³/mol. The van der Waals surface area contributed by atoms with Crippen molar-refractivity contribution in [3.05, 3.63) is 101 Å². The Morgan fingerprint density at radius 3 is 2.55 bits per heavy atom. The van der Waals surface area contributed by atoms with Crippen molar-refractivity contribution in [3.8, 4) is 0 Å². The van der Waals surface area contributed by atoms with Gasteiger partial charge in [-0.25, -0.2) is 4.98 Å². The molecule has 1 aliphatic rings. The maximum absolute atomic E-state index is 13.9. The lowest BCUT2D eigenvalue weighted by Gasteiger charge is -2.48. The Balaban J connectivity index is 1.94. The normalized spacial score (nSPS) is 23.6. The van der Waals surface area contributed by atoms with E-state index < -0.39 is 5.41 Å². The summed E-state index contributed by atoms with van der Waals surface area (Å²) in [6.07, 6.45) is 7.87. The molecule has 6 heteroatoms. The molecule has 1 aliphatic heterocycles. The van der Waals surface area contributed by atoms with E-state index in [9.17, 15) is 4.79 Å². The fourth-order valence-corrected chi connectivity index (χ4v) is 4.84. The number of hydrogen-bond acceptors (Lipinski definition) is 3. The first-order valence-electron chi connectivity index (χ1n) is 10.1. The van der Waals surface area contributed by atoms with Crippen molar-refractivity contribution in [2.45, 2.75) is 31.7 Å². The van der Waals surface area contributed by atoms with Gasteiger partial charge in [-0.2, -0.15) is 0 Å². The van der Waals surface area contributed by atoms with E-state index in [0.717, 1.165) is 11.1 Å². The molecule has 1 amide bonds. The van der Waals surface area contributed by atoms with Crippen molar-refractivity contribution in [3.63, 3.8) is 0 Å². The fourth-order valence-electron chi connectivity index (χ4n) is 4.51. The van der Waals surface area contributed by atoms with Crippen LogP contribution in [0.3, 0.4) is 0 Å². The van der Waals surface area contributed by atoms with Crippen LogP contribution in [0, 0.1) is 5.41 Å². The smallest absolute Gasteiger partial charge is 0.235 e. The maximum Gasteiger partial charge on any atom is 0.235 e. The first-order valence-corrected chi connectivity index (χ1v) is 10.9. The highest BCUT2D eigenvalue weighted by Gasteiger charge is 2.50. The minimum Gasteiger partial charge on any atom is -0.287 e. The zero-order valence-corrected chi connectivity index (χ0v) is 18.7. The van der Waals surface area contributed by atoms with Gasteiger partial charge in [0.25, 0.3) is 0 Å². The van der Waals surface area contributed by atoms with Crippen LogP contribution in [0.5, 0.6) is 0 Å². The molecule has 0 unspecified atom stereocenters. The number of hydrogen-bond donors (Lipinski definition) is 0. The third-order valence-corrected chi connectivity index (χ3v) is 6.43. The van der Waals surface area contributed by atoms with Gasteiger partial charge in [-0.3, -0.25) is 14.7 Å². The van der Waals surface area contributed by atoms with Crippen molar-refractivity contribution in [1.82, 2.24) is 9.97 Å². The highest BCUT2D eigenvalue weighted by molar-refractivity contribution is 6.30. The summed E-state index contributed by atoms with van der Waals surface area (Å²) in [5.74, 6) is 0.519. The lowest BCUT2D eigenvalue weighted by molar-refractivity contribution is -0.131. The van der Waals surface area contributed by atoms with Crippen molar-refractivity contribution in [1.29, 1.82) is 0 Å². The number of amides is 1. The van der Waals surface area contributed by atoms with Gasteiger partial charge in [0.15, 0.2) is 5.82 Å². The van der Waals surface area contributed by atoms with Crippen LogP contribution in [0.25, 0.3) is 0 Å². The van der Waals surface area contributed by atoms with Gasteiger partial charge < -0.3 is 0 Å². The lowest BCUT2D eigenvalue weighted by Crippen LogP contribution is -2.52. The summed E-state index contributed by atoms with van der Waals surface area (Å²) >= 11 is 12.5. The Hall–Kier alpha value is -2.69. The number of nitrogens with zero attached hydrogens (tertiary/aromatic N) is 3. The Bertz CT molecular complexity index is 1090. The average Bonchev–Trinajstić information content (AvgIpc) is 2.77. The topological polar surface area (TPSA) is 46.1 Å². The van der Waals surface area contributed by atoms with Gasteiger partial charge in [-0.15, -0.1) is 6.58 Å². The van der Waals surface area contributed by atoms with Gasteiger partial charge in [0.05, 0.1) is 17.7 Å². The molecule has 4 rings (SSSR count). The molecule has 0 radical (unpaired) electrons. The molecule has 1 saturated heterocycles.